The molecule has 15 heavy (non-hydrogen) atoms. The van der Waals surface area contributed by atoms with Crippen LogP contribution in [0.25, 0.3) is 0 Å². The van der Waals surface area contributed by atoms with Crippen LogP contribution in [0.5, 0.6) is 0 Å². The molecule has 0 amide bonds. The van der Waals surface area contributed by atoms with Crippen LogP contribution in [-0.4, -0.2) is 0 Å². The van der Waals surface area contributed by atoms with Crippen LogP contribution in [0.3, 0.4) is 0 Å². The number of unbranched alkanes of at least 4 members (excludes halogenated alkanes) is 11. The predicted octanol–water partition coefficient (Wildman–Crippen LogP) is 2.53. The van der Waals surface area contributed by atoms with Crippen molar-refractivity contribution in [1.82, 2.24) is 0 Å². The van der Waals surface area contributed by atoms with E-state index >= 15 is 0 Å². The molecule has 0 bridgehead atoms. The smallest absolute Gasteiger partial charge is 0.343 e. The van der Waals surface area contributed by atoms with Crippen molar-refractivity contribution in [2.75, 3.05) is 0 Å². The van der Waals surface area contributed by atoms with Gasteiger partial charge in [-0.2, -0.15) is 6.42 Å². The molecule has 0 aliphatic heterocycles. The van der Waals surface area contributed by atoms with Gasteiger partial charge in [-0.3, -0.25) is 0 Å². The molecule has 0 rings (SSSR count). The van der Waals surface area contributed by atoms with E-state index in [1.807, 2.05) is 0 Å². The van der Waals surface area contributed by atoms with Gasteiger partial charge in [-0.15, -0.1) is 0 Å². The molecule has 86 valence electrons. The summed E-state index contributed by atoms with van der Waals surface area (Å²) in [5.41, 5.74) is 0. The van der Waals surface area contributed by atoms with Gasteiger partial charge in [0, 0.05) is 0 Å². The molecular weight excluding hydrogens is 191 g/mol. The van der Waals surface area contributed by atoms with Crippen molar-refractivity contribution in [3.8, 4) is 0 Å². The maximum absolute atomic E-state index is 3.86. The fraction of sp³-hybridized carbons (Fsp3) is 0.929. The van der Waals surface area contributed by atoms with E-state index in [1.165, 1.54) is 70.6 Å². The van der Waals surface area contributed by atoms with Gasteiger partial charge in [0.25, 0.3) is 0 Å². The average molecular weight is 220 g/mol. The van der Waals surface area contributed by atoms with E-state index in [4.69, 9.17) is 0 Å². The van der Waals surface area contributed by atoms with Gasteiger partial charge in [-0.05, 0) is 0 Å². The third-order valence-corrected chi connectivity index (χ3v) is 2.85. The Morgan fingerprint density at radius 1 is 0.600 bits per heavy atom. The molecular formula is C14H29Na. The van der Waals surface area contributed by atoms with Crippen LogP contribution >= 0.6 is 0 Å². The zero-order chi connectivity index (χ0) is 10.5. The monoisotopic (exact) mass is 220 g/mol. The fourth-order valence-electron chi connectivity index (χ4n) is 1.84. The summed E-state index contributed by atoms with van der Waals surface area (Å²) in [4.78, 5) is 0. The van der Waals surface area contributed by atoms with Crippen LogP contribution < -0.4 is 29.6 Å². The van der Waals surface area contributed by atoms with Crippen molar-refractivity contribution >= 4 is 0 Å². The van der Waals surface area contributed by atoms with Gasteiger partial charge in [0.05, 0.1) is 0 Å². The summed E-state index contributed by atoms with van der Waals surface area (Å²) in [6, 6.07) is 0. The van der Waals surface area contributed by atoms with Gasteiger partial charge in [0.2, 0.25) is 0 Å². The number of hydrogen-bond donors (Lipinski definition) is 0. The third kappa shape index (κ3) is 17.6. The third-order valence-electron chi connectivity index (χ3n) is 2.85. The van der Waals surface area contributed by atoms with Gasteiger partial charge < -0.3 is 6.92 Å². The van der Waals surface area contributed by atoms with Gasteiger partial charge in [0.1, 0.15) is 0 Å². The summed E-state index contributed by atoms with van der Waals surface area (Å²) >= 11 is 0. The Balaban J connectivity index is 0. The normalized spacial score (nSPS) is 10.0. The first-order chi connectivity index (χ1) is 6.91. The minimum Gasteiger partial charge on any atom is -0.343 e. The molecule has 0 heterocycles. The Hall–Kier alpha value is 1.00. The summed E-state index contributed by atoms with van der Waals surface area (Å²) in [6.07, 6.45) is 16.9. The molecule has 0 aromatic rings. The van der Waals surface area contributed by atoms with Gasteiger partial charge in [0.15, 0.2) is 0 Å². The molecule has 1 heteroatoms. The Morgan fingerprint density at radius 2 is 0.933 bits per heavy atom. The van der Waals surface area contributed by atoms with Crippen molar-refractivity contribution in [1.29, 1.82) is 0 Å². The van der Waals surface area contributed by atoms with E-state index in [0.29, 0.717) is 0 Å². The molecule has 0 aliphatic rings. The van der Waals surface area contributed by atoms with Crippen molar-refractivity contribution in [3.63, 3.8) is 0 Å². The molecule has 0 spiro atoms. The van der Waals surface area contributed by atoms with Crippen molar-refractivity contribution in [2.45, 2.75) is 84.0 Å². The van der Waals surface area contributed by atoms with Crippen LogP contribution in [0.1, 0.15) is 84.0 Å². The average Bonchev–Trinajstić information content (AvgIpc) is 2.21. The van der Waals surface area contributed by atoms with E-state index in [2.05, 4.69) is 13.8 Å². The molecule has 0 fully saturated rings. The van der Waals surface area contributed by atoms with Gasteiger partial charge in [-0.25, -0.2) is 0 Å². The largest absolute Gasteiger partial charge is 1.00 e. The first kappa shape index (κ1) is 18.4. The second kappa shape index (κ2) is 17.4. The molecule has 0 aromatic carbocycles. The van der Waals surface area contributed by atoms with E-state index in [9.17, 15) is 0 Å². The van der Waals surface area contributed by atoms with Crippen LogP contribution in [-0.2, 0) is 0 Å². The molecule has 0 aromatic heterocycles. The minimum absolute atomic E-state index is 0. The van der Waals surface area contributed by atoms with E-state index < -0.39 is 0 Å². The molecule has 0 unspecified atom stereocenters. The van der Waals surface area contributed by atoms with Crippen molar-refractivity contribution in [3.05, 3.63) is 6.92 Å². The second-order valence-electron chi connectivity index (χ2n) is 4.39. The van der Waals surface area contributed by atoms with E-state index in [-0.39, 0.29) is 29.6 Å². The van der Waals surface area contributed by atoms with E-state index in [1.54, 1.807) is 0 Å². The zero-order valence-corrected chi connectivity index (χ0v) is 13.2. The quantitative estimate of drug-likeness (QED) is 0.285. The zero-order valence-electron chi connectivity index (χ0n) is 11.2. The molecule has 0 nitrogen and oxygen atoms in total. The number of rotatable bonds is 11. The van der Waals surface area contributed by atoms with Crippen molar-refractivity contribution < 1.29 is 29.6 Å². The summed E-state index contributed by atoms with van der Waals surface area (Å²) in [7, 11) is 0. The Morgan fingerprint density at radius 3 is 1.27 bits per heavy atom. The predicted molar refractivity (Wildman–Crippen MR) is 66.4 cm³/mol. The molecule has 0 N–H and O–H groups in total. The van der Waals surface area contributed by atoms with Crippen LogP contribution in [0.4, 0.5) is 0 Å². The summed E-state index contributed by atoms with van der Waals surface area (Å²) in [5, 5.41) is 0. The summed E-state index contributed by atoms with van der Waals surface area (Å²) in [6.45, 7) is 6.14. The van der Waals surface area contributed by atoms with E-state index in [0.717, 1.165) is 6.42 Å². The van der Waals surface area contributed by atoms with Gasteiger partial charge in [-0.1, -0.05) is 77.6 Å². The summed E-state index contributed by atoms with van der Waals surface area (Å²) in [5.74, 6) is 0. The Bertz CT molecular complexity index is 79.3. The molecule has 0 aliphatic carbocycles. The standard InChI is InChI=1S/C14H29.Na/c1-3-5-7-9-11-13-14-12-10-8-6-4-2;/h1,3-14H2,2H3;/q-1;+1. The minimum atomic E-state index is 0. The first-order valence-corrected chi connectivity index (χ1v) is 6.71. The fourth-order valence-corrected chi connectivity index (χ4v) is 1.84. The molecule has 0 radical (unpaired) electrons. The van der Waals surface area contributed by atoms with Crippen LogP contribution in [0.2, 0.25) is 0 Å². The molecule has 0 saturated heterocycles. The van der Waals surface area contributed by atoms with Crippen molar-refractivity contribution in [2.24, 2.45) is 0 Å². The van der Waals surface area contributed by atoms with Crippen LogP contribution in [0.15, 0.2) is 0 Å². The molecule has 0 saturated carbocycles. The van der Waals surface area contributed by atoms with Crippen LogP contribution in [0, 0.1) is 6.92 Å². The Kier molecular flexibility index (Phi) is 21.3. The maximum atomic E-state index is 3.86. The molecule has 0 atom stereocenters. The SMILES string of the molecule is [CH2-]CCCCCCCCCCCCC.[Na+]. The first-order valence-electron chi connectivity index (χ1n) is 6.71. The topological polar surface area (TPSA) is 0 Å². The Labute approximate surface area is 120 Å². The summed E-state index contributed by atoms with van der Waals surface area (Å²) < 4.78 is 0. The second-order valence-corrected chi connectivity index (χ2v) is 4.39. The number of hydrogen-bond acceptors (Lipinski definition) is 0. The maximum Gasteiger partial charge on any atom is 1.00 e. The van der Waals surface area contributed by atoms with Gasteiger partial charge >= 0.3 is 29.6 Å².